The summed E-state index contributed by atoms with van der Waals surface area (Å²) in [7, 11) is 0. The number of nitrogens with zero attached hydrogens (tertiary/aromatic N) is 1. The predicted molar refractivity (Wildman–Crippen MR) is 67.2 cm³/mol. The molecule has 0 radical (unpaired) electrons. The number of carboxylic acid groups (broad SMARTS) is 1. The Kier molecular flexibility index (Phi) is 6.49. The van der Waals surface area contributed by atoms with E-state index < -0.39 is 17.8 Å². The molecule has 0 atom stereocenters. The molecule has 1 rings (SSSR count). The van der Waals surface area contributed by atoms with Crippen molar-refractivity contribution < 1.29 is 19.1 Å². The molecule has 0 aliphatic rings. The molecular weight excluding hydrogens is 251 g/mol. The number of unbranched alkanes of at least 4 members (excludes halogenated alkanes) is 3. The maximum atomic E-state index is 13.2. The van der Waals surface area contributed by atoms with Crippen LogP contribution in [0.5, 0.6) is 0 Å². The van der Waals surface area contributed by atoms with Crippen molar-refractivity contribution in [2.75, 3.05) is 6.54 Å². The quantitative estimate of drug-likeness (QED) is 0.558. The third kappa shape index (κ3) is 5.94. The van der Waals surface area contributed by atoms with Gasteiger partial charge in [0, 0.05) is 19.2 Å². The third-order valence-corrected chi connectivity index (χ3v) is 2.61. The van der Waals surface area contributed by atoms with Gasteiger partial charge in [0.25, 0.3) is 5.91 Å². The number of hydrogen-bond acceptors (Lipinski definition) is 3. The second kappa shape index (κ2) is 8.18. The first kappa shape index (κ1) is 15.1. The van der Waals surface area contributed by atoms with Crippen LogP contribution < -0.4 is 5.32 Å². The highest BCUT2D eigenvalue weighted by molar-refractivity contribution is 5.94. The average Bonchev–Trinajstić information content (AvgIpc) is 2.37. The molecule has 0 aliphatic heterocycles. The highest BCUT2D eigenvalue weighted by atomic mass is 19.1. The second-order valence-electron chi connectivity index (χ2n) is 4.16. The Hall–Kier alpha value is -1.98. The van der Waals surface area contributed by atoms with Crippen LogP contribution in [0.2, 0.25) is 0 Å². The molecular formula is C13H17FN2O3. The molecule has 6 heteroatoms. The van der Waals surface area contributed by atoms with Crippen LogP contribution in [0, 0.1) is 5.95 Å². The van der Waals surface area contributed by atoms with Gasteiger partial charge in [-0.2, -0.15) is 4.39 Å². The summed E-state index contributed by atoms with van der Waals surface area (Å²) in [4.78, 5) is 25.2. The molecule has 0 saturated carbocycles. The number of nitrogens with one attached hydrogen (secondary N) is 1. The molecule has 2 N–H and O–H groups in total. The van der Waals surface area contributed by atoms with Gasteiger partial charge in [0.05, 0.1) is 5.56 Å². The normalized spacial score (nSPS) is 10.2. The first-order chi connectivity index (χ1) is 9.11. The van der Waals surface area contributed by atoms with Gasteiger partial charge in [-0.25, -0.2) is 4.98 Å². The number of aliphatic carboxylic acids is 1. The summed E-state index contributed by atoms with van der Waals surface area (Å²) in [5.74, 6) is -2.04. The lowest BCUT2D eigenvalue weighted by molar-refractivity contribution is -0.137. The molecule has 1 heterocycles. The summed E-state index contributed by atoms with van der Waals surface area (Å²) < 4.78 is 13.2. The smallest absolute Gasteiger partial charge is 0.303 e. The summed E-state index contributed by atoms with van der Waals surface area (Å²) >= 11 is 0. The highest BCUT2D eigenvalue weighted by Crippen LogP contribution is 2.04. The number of carboxylic acids is 1. The topological polar surface area (TPSA) is 79.3 Å². The number of carbonyl (C=O) groups excluding carboxylic acids is 1. The van der Waals surface area contributed by atoms with Gasteiger partial charge in [-0.1, -0.05) is 12.8 Å². The number of carbonyl (C=O) groups is 2. The molecule has 0 bridgehead atoms. The molecule has 104 valence electrons. The van der Waals surface area contributed by atoms with Crippen LogP contribution in [-0.4, -0.2) is 28.5 Å². The molecule has 0 saturated heterocycles. The maximum absolute atomic E-state index is 13.2. The summed E-state index contributed by atoms with van der Waals surface area (Å²) in [5, 5.41) is 11.0. The Balaban J connectivity index is 2.15. The van der Waals surface area contributed by atoms with Crippen molar-refractivity contribution in [3.63, 3.8) is 0 Å². The Bertz CT molecular complexity index is 438. The predicted octanol–water partition coefficient (Wildman–Crippen LogP) is 1.99. The highest BCUT2D eigenvalue weighted by Gasteiger charge is 2.10. The second-order valence-corrected chi connectivity index (χ2v) is 4.16. The van der Waals surface area contributed by atoms with Crippen molar-refractivity contribution in [3.8, 4) is 0 Å². The molecule has 0 fully saturated rings. The van der Waals surface area contributed by atoms with Gasteiger partial charge in [0.1, 0.15) is 0 Å². The number of aromatic nitrogens is 1. The van der Waals surface area contributed by atoms with E-state index in [2.05, 4.69) is 10.3 Å². The van der Waals surface area contributed by atoms with Gasteiger partial charge >= 0.3 is 5.97 Å². The van der Waals surface area contributed by atoms with Crippen LogP contribution >= 0.6 is 0 Å². The van der Waals surface area contributed by atoms with Gasteiger partial charge in [-0.15, -0.1) is 0 Å². The molecule has 1 amide bonds. The Morgan fingerprint density at radius 1 is 1.26 bits per heavy atom. The van der Waals surface area contributed by atoms with E-state index in [9.17, 15) is 14.0 Å². The van der Waals surface area contributed by atoms with E-state index in [1.54, 1.807) is 0 Å². The van der Waals surface area contributed by atoms with Gasteiger partial charge < -0.3 is 10.4 Å². The summed E-state index contributed by atoms with van der Waals surface area (Å²) in [6, 6.07) is 2.88. The maximum Gasteiger partial charge on any atom is 0.303 e. The van der Waals surface area contributed by atoms with Crippen molar-refractivity contribution >= 4 is 11.9 Å². The monoisotopic (exact) mass is 268 g/mol. The van der Waals surface area contributed by atoms with E-state index in [-0.39, 0.29) is 12.0 Å². The van der Waals surface area contributed by atoms with Gasteiger partial charge in [0.2, 0.25) is 5.95 Å². The Labute approximate surface area is 110 Å². The lowest BCUT2D eigenvalue weighted by atomic mass is 10.1. The standard InChI is InChI=1S/C13H17FN2O3/c14-12-10(6-5-9-15-12)13(19)16-8-4-2-1-3-7-11(17)18/h5-6,9H,1-4,7-8H2,(H,16,19)(H,17,18). The minimum atomic E-state index is -0.791. The fourth-order valence-corrected chi connectivity index (χ4v) is 1.61. The zero-order chi connectivity index (χ0) is 14.1. The number of pyridine rings is 1. The van der Waals surface area contributed by atoms with E-state index in [1.807, 2.05) is 0 Å². The summed E-state index contributed by atoms with van der Waals surface area (Å²) in [5.41, 5.74) is -0.0617. The van der Waals surface area contributed by atoms with E-state index in [0.717, 1.165) is 19.3 Å². The lowest BCUT2D eigenvalue weighted by Crippen LogP contribution is -2.25. The lowest BCUT2D eigenvalue weighted by Gasteiger charge is -2.05. The molecule has 0 spiro atoms. The van der Waals surface area contributed by atoms with Crippen LogP contribution in [0.4, 0.5) is 4.39 Å². The first-order valence-corrected chi connectivity index (χ1v) is 6.22. The van der Waals surface area contributed by atoms with Crippen molar-refractivity contribution in [3.05, 3.63) is 29.8 Å². The molecule has 19 heavy (non-hydrogen) atoms. The van der Waals surface area contributed by atoms with Crippen molar-refractivity contribution in [2.45, 2.75) is 32.1 Å². The number of rotatable bonds is 8. The fourth-order valence-electron chi connectivity index (χ4n) is 1.61. The Morgan fingerprint density at radius 3 is 2.68 bits per heavy atom. The van der Waals surface area contributed by atoms with Gasteiger partial charge in [-0.05, 0) is 25.0 Å². The minimum Gasteiger partial charge on any atom is -0.481 e. The van der Waals surface area contributed by atoms with Crippen LogP contribution in [0.1, 0.15) is 42.5 Å². The number of hydrogen-bond donors (Lipinski definition) is 2. The van der Waals surface area contributed by atoms with Crippen LogP contribution in [0.25, 0.3) is 0 Å². The zero-order valence-electron chi connectivity index (χ0n) is 10.6. The van der Waals surface area contributed by atoms with Crippen LogP contribution in [0.3, 0.4) is 0 Å². The molecule has 0 aliphatic carbocycles. The number of halogens is 1. The summed E-state index contributed by atoms with van der Waals surface area (Å²) in [6.45, 7) is 0.445. The third-order valence-electron chi connectivity index (χ3n) is 2.61. The molecule has 5 nitrogen and oxygen atoms in total. The average molecular weight is 268 g/mol. The molecule has 1 aromatic rings. The van der Waals surface area contributed by atoms with Gasteiger partial charge in [-0.3, -0.25) is 9.59 Å². The number of amides is 1. The van der Waals surface area contributed by atoms with E-state index in [1.165, 1.54) is 18.3 Å². The Morgan fingerprint density at radius 2 is 2.00 bits per heavy atom. The molecule has 0 unspecified atom stereocenters. The largest absolute Gasteiger partial charge is 0.481 e. The van der Waals surface area contributed by atoms with E-state index >= 15 is 0 Å². The first-order valence-electron chi connectivity index (χ1n) is 6.22. The van der Waals surface area contributed by atoms with Crippen molar-refractivity contribution in [1.29, 1.82) is 0 Å². The molecule has 1 aromatic heterocycles. The van der Waals surface area contributed by atoms with Crippen LogP contribution in [-0.2, 0) is 4.79 Å². The zero-order valence-corrected chi connectivity index (χ0v) is 10.6. The summed E-state index contributed by atoms with van der Waals surface area (Å²) in [6.07, 6.45) is 4.49. The molecule has 0 aromatic carbocycles. The van der Waals surface area contributed by atoms with E-state index in [0.29, 0.717) is 13.0 Å². The van der Waals surface area contributed by atoms with Crippen molar-refractivity contribution in [1.82, 2.24) is 10.3 Å². The van der Waals surface area contributed by atoms with Crippen molar-refractivity contribution in [2.24, 2.45) is 0 Å². The minimum absolute atomic E-state index is 0.0617. The van der Waals surface area contributed by atoms with Crippen LogP contribution in [0.15, 0.2) is 18.3 Å². The van der Waals surface area contributed by atoms with E-state index in [4.69, 9.17) is 5.11 Å². The van der Waals surface area contributed by atoms with Gasteiger partial charge in [0.15, 0.2) is 0 Å². The SMILES string of the molecule is O=C(O)CCCCCCNC(=O)c1cccnc1F. The fraction of sp³-hybridized carbons (Fsp3) is 0.462.